The van der Waals surface area contributed by atoms with Crippen LogP contribution >= 0.6 is 15.9 Å². The van der Waals surface area contributed by atoms with Gasteiger partial charge in [-0.25, -0.2) is 0 Å². The maximum Gasteiger partial charge on any atom is 0.0748 e. The molecule has 0 aliphatic rings. The average molecular weight is 279 g/mol. The van der Waals surface area contributed by atoms with Crippen LogP contribution in [0.1, 0.15) is 31.2 Å². The first-order chi connectivity index (χ1) is 7.61. The molecule has 3 heteroatoms. The first kappa shape index (κ1) is 11.5. The lowest BCUT2D eigenvalue weighted by Gasteiger charge is -2.15. The molecule has 0 fully saturated rings. The van der Waals surface area contributed by atoms with Gasteiger partial charge in [0.15, 0.2) is 0 Å². The SMILES string of the molecule is Cc1nnc(C(C)C(C)Br)c2ccccc12. The topological polar surface area (TPSA) is 25.8 Å². The Kier molecular flexibility index (Phi) is 3.24. The van der Waals surface area contributed by atoms with Gasteiger partial charge < -0.3 is 0 Å². The van der Waals surface area contributed by atoms with E-state index in [1.165, 1.54) is 10.8 Å². The highest BCUT2D eigenvalue weighted by molar-refractivity contribution is 9.09. The van der Waals surface area contributed by atoms with E-state index in [0.717, 1.165) is 11.4 Å². The molecule has 0 N–H and O–H groups in total. The fourth-order valence-corrected chi connectivity index (χ4v) is 2.06. The number of aryl methyl sites for hydroxylation is 1. The van der Waals surface area contributed by atoms with Crippen LogP contribution in [0.4, 0.5) is 0 Å². The highest BCUT2D eigenvalue weighted by Gasteiger charge is 2.17. The fraction of sp³-hybridized carbons (Fsp3) is 0.385. The summed E-state index contributed by atoms with van der Waals surface area (Å²) < 4.78 is 0. The van der Waals surface area contributed by atoms with E-state index in [1.807, 2.05) is 13.0 Å². The Labute approximate surface area is 104 Å². The lowest BCUT2D eigenvalue weighted by Crippen LogP contribution is -2.09. The van der Waals surface area contributed by atoms with Gasteiger partial charge in [-0.15, -0.1) is 0 Å². The number of benzene rings is 1. The second kappa shape index (κ2) is 4.50. The summed E-state index contributed by atoms with van der Waals surface area (Å²) in [5, 5.41) is 11.0. The first-order valence-corrected chi connectivity index (χ1v) is 6.39. The first-order valence-electron chi connectivity index (χ1n) is 5.47. The lowest BCUT2D eigenvalue weighted by atomic mass is 9.98. The van der Waals surface area contributed by atoms with E-state index in [-0.39, 0.29) is 0 Å². The summed E-state index contributed by atoms with van der Waals surface area (Å²) in [7, 11) is 0. The molecular formula is C13H15BrN2. The van der Waals surface area contributed by atoms with E-state index in [4.69, 9.17) is 0 Å². The molecule has 0 spiro atoms. The Morgan fingerprint density at radius 3 is 2.31 bits per heavy atom. The molecule has 1 aromatic heterocycles. The number of fused-ring (bicyclic) bond motifs is 1. The van der Waals surface area contributed by atoms with Crippen molar-refractivity contribution in [2.45, 2.75) is 31.5 Å². The minimum absolute atomic E-state index is 0.359. The van der Waals surface area contributed by atoms with Crippen molar-refractivity contribution >= 4 is 26.7 Å². The number of hydrogen-bond acceptors (Lipinski definition) is 2. The molecule has 0 aliphatic heterocycles. The number of hydrogen-bond donors (Lipinski definition) is 0. The largest absolute Gasteiger partial charge is 0.155 e. The van der Waals surface area contributed by atoms with Crippen LogP contribution in [0.15, 0.2) is 24.3 Å². The molecule has 2 rings (SSSR count). The predicted octanol–water partition coefficient (Wildman–Crippen LogP) is 3.83. The molecule has 0 aliphatic carbocycles. The molecule has 1 heterocycles. The van der Waals surface area contributed by atoms with E-state index in [1.54, 1.807) is 0 Å². The van der Waals surface area contributed by atoms with Crippen molar-refractivity contribution < 1.29 is 0 Å². The second-order valence-corrected chi connectivity index (χ2v) is 5.63. The zero-order chi connectivity index (χ0) is 11.7. The Balaban J connectivity index is 2.67. The summed E-state index contributed by atoms with van der Waals surface area (Å²) in [5.41, 5.74) is 2.07. The summed E-state index contributed by atoms with van der Waals surface area (Å²) in [6.45, 7) is 6.31. The van der Waals surface area contributed by atoms with Crippen LogP contribution in [0, 0.1) is 6.92 Å². The van der Waals surface area contributed by atoms with Crippen molar-refractivity contribution in [2.75, 3.05) is 0 Å². The Morgan fingerprint density at radius 2 is 1.69 bits per heavy atom. The highest BCUT2D eigenvalue weighted by atomic mass is 79.9. The van der Waals surface area contributed by atoms with Crippen molar-refractivity contribution in [2.24, 2.45) is 0 Å². The minimum atomic E-state index is 0.359. The number of halogens is 1. The van der Waals surface area contributed by atoms with Crippen LogP contribution < -0.4 is 0 Å². The summed E-state index contributed by atoms with van der Waals surface area (Å²) in [6.07, 6.45) is 0. The van der Waals surface area contributed by atoms with Gasteiger partial charge in [0.05, 0.1) is 11.4 Å². The van der Waals surface area contributed by atoms with Crippen molar-refractivity contribution in [1.29, 1.82) is 0 Å². The molecule has 0 bridgehead atoms. The minimum Gasteiger partial charge on any atom is -0.155 e. The number of nitrogens with zero attached hydrogens (tertiary/aromatic N) is 2. The molecular weight excluding hydrogens is 264 g/mol. The van der Waals surface area contributed by atoms with Crippen LogP contribution in [0.25, 0.3) is 10.8 Å². The Hall–Kier alpha value is -0.960. The monoisotopic (exact) mass is 278 g/mol. The van der Waals surface area contributed by atoms with Gasteiger partial charge in [-0.3, -0.25) is 0 Å². The number of alkyl halides is 1. The summed E-state index contributed by atoms with van der Waals surface area (Å²) in [6, 6.07) is 8.33. The second-order valence-electron chi connectivity index (χ2n) is 4.18. The summed E-state index contributed by atoms with van der Waals surface area (Å²) in [5.74, 6) is 0.359. The molecule has 16 heavy (non-hydrogen) atoms. The summed E-state index contributed by atoms with van der Waals surface area (Å²) in [4.78, 5) is 0.396. The zero-order valence-corrected chi connectivity index (χ0v) is 11.3. The third-order valence-corrected chi connectivity index (χ3v) is 3.81. The quantitative estimate of drug-likeness (QED) is 0.781. The molecule has 2 atom stereocenters. The van der Waals surface area contributed by atoms with Crippen molar-refractivity contribution in [3.05, 3.63) is 35.7 Å². The number of rotatable bonds is 2. The van der Waals surface area contributed by atoms with Gasteiger partial charge in [0.25, 0.3) is 0 Å². The van der Waals surface area contributed by atoms with E-state index in [0.29, 0.717) is 10.7 Å². The van der Waals surface area contributed by atoms with E-state index in [2.05, 4.69) is 58.2 Å². The van der Waals surface area contributed by atoms with E-state index in [9.17, 15) is 0 Å². The van der Waals surface area contributed by atoms with Gasteiger partial charge in [-0.2, -0.15) is 10.2 Å². The predicted molar refractivity (Wildman–Crippen MR) is 71.1 cm³/mol. The maximum absolute atomic E-state index is 4.35. The van der Waals surface area contributed by atoms with Crippen LogP contribution in [0.5, 0.6) is 0 Å². The van der Waals surface area contributed by atoms with Crippen molar-refractivity contribution in [3.63, 3.8) is 0 Å². The van der Waals surface area contributed by atoms with Crippen LogP contribution in [0.2, 0.25) is 0 Å². The Morgan fingerprint density at radius 1 is 1.06 bits per heavy atom. The van der Waals surface area contributed by atoms with Crippen LogP contribution in [-0.2, 0) is 0 Å². The van der Waals surface area contributed by atoms with Crippen molar-refractivity contribution in [3.8, 4) is 0 Å². The van der Waals surface area contributed by atoms with Gasteiger partial charge in [0, 0.05) is 21.5 Å². The third kappa shape index (κ3) is 1.96. The van der Waals surface area contributed by atoms with Gasteiger partial charge in [-0.05, 0) is 6.92 Å². The van der Waals surface area contributed by atoms with Crippen LogP contribution in [-0.4, -0.2) is 15.0 Å². The van der Waals surface area contributed by atoms with Gasteiger partial charge in [-0.1, -0.05) is 54.0 Å². The highest BCUT2D eigenvalue weighted by Crippen LogP contribution is 2.29. The normalized spacial score (nSPS) is 15.0. The fourth-order valence-electron chi connectivity index (χ4n) is 1.81. The lowest BCUT2D eigenvalue weighted by molar-refractivity contribution is 0.719. The summed E-state index contributed by atoms with van der Waals surface area (Å²) >= 11 is 3.61. The molecule has 2 unspecified atom stereocenters. The van der Waals surface area contributed by atoms with E-state index < -0.39 is 0 Å². The number of aromatic nitrogens is 2. The third-order valence-electron chi connectivity index (χ3n) is 3.02. The smallest absolute Gasteiger partial charge is 0.0748 e. The maximum atomic E-state index is 4.35. The molecule has 2 aromatic rings. The molecule has 0 amide bonds. The van der Waals surface area contributed by atoms with E-state index >= 15 is 0 Å². The molecule has 0 saturated heterocycles. The molecule has 1 aromatic carbocycles. The standard InChI is InChI=1S/C13H15BrN2/c1-8(9(2)14)13-12-7-5-4-6-11(12)10(3)15-16-13/h4-9H,1-3H3. The van der Waals surface area contributed by atoms with Gasteiger partial charge in [0.1, 0.15) is 0 Å². The zero-order valence-electron chi connectivity index (χ0n) is 9.74. The van der Waals surface area contributed by atoms with Crippen LogP contribution in [0.3, 0.4) is 0 Å². The molecule has 0 radical (unpaired) electrons. The molecule has 2 nitrogen and oxygen atoms in total. The Bertz CT molecular complexity index is 508. The van der Waals surface area contributed by atoms with Gasteiger partial charge >= 0.3 is 0 Å². The van der Waals surface area contributed by atoms with Gasteiger partial charge in [0.2, 0.25) is 0 Å². The van der Waals surface area contributed by atoms with Crippen molar-refractivity contribution in [1.82, 2.24) is 10.2 Å². The molecule has 0 saturated carbocycles. The molecule has 84 valence electrons. The average Bonchev–Trinajstić information content (AvgIpc) is 2.29.